The number of hydrogen-bond acceptors (Lipinski definition) is 3. The Morgan fingerprint density at radius 3 is 2.67 bits per heavy atom. The van der Waals surface area contributed by atoms with Gasteiger partial charge in [-0.15, -0.1) is 0 Å². The van der Waals surface area contributed by atoms with E-state index in [0.29, 0.717) is 0 Å². The van der Waals surface area contributed by atoms with Crippen molar-refractivity contribution in [2.75, 3.05) is 18.6 Å². The number of fused-ring (bicyclic) bond motifs is 1. The van der Waals surface area contributed by atoms with Crippen molar-refractivity contribution in [1.29, 1.82) is 0 Å². The van der Waals surface area contributed by atoms with Gasteiger partial charge in [0, 0.05) is 24.8 Å². The van der Waals surface area contributed by atoms with Gasteiger partial charge in [0.1, 0.15) is 5.75 Å². The van der Waals surface area contributed by atoms with Crippen molar-refractivity contribution >= 4 is 5.69 Å². The molecule has 3 heteroatoms. The topological polar surface area (TPSA) is 38.5 Å². The Kier molecular flexibility index (Phi) is 4.11. The molecule has 2 N–H and O–H groups in total. The van der Waals surface area contributed by atoms with E-state index in [-0.39, 0.29) is 6.04 Å². The molecule has 2 aromatic rings. The van der Waals surface area contributed by atoms with Crippen LogP contribution >= 0.6 is 0 Å². The van der Waals surface area contributed by atoms with E-state index in [1.54, 1.807) is 7.11 Å². The average molecular weight is 282 g/mol. The summed E-state index contributed by atoms with van der Waals surface area (Å²) < 4.78 is 5.22. The Morgan fingerprint density at radius 1 is 1.14 bits per heavy atom. The van der Waals surface area contributed by atoms with Crippen LogP contribution in [0.25, 0.3) is 0 Å². The second-order valence-corrected chi connectivity index (χ2v) is 5.58. The standard InChI is InChI=1S/C18H22N2O/c1-21-15-10-8-14(9-11-15)13-20-12-4-6-17(19)16-5-2-3-7-18(16)20/h2-3,5,7-11,17H,4,6,12-13,19H2,1H3. The molecular formula is C18H22N2O. The van der Waals surface area contributed by atoms with Gasteiger partial charge in [-0.2, -0.15) is 0 Å². The number of nitrogens with two attached hydrogens (primary N) is 1. The summed E-state index contributed by atoms with van der Waals surface area (Å²) >= 11 is 0. The lowest BCUT2D eigenvalue weighted by Gasteiger charge is -2.25. The molecule has 0 amide bonds. The summed E-state index contributed by atoms with van der Waals surface area (Å²) in [5.74, 6) is 0.900. The lowest BCUT2D eigenvalue weighted by molar-refractivity contribution is 0.414. The Hall–Kier alpha value is -2.00. The van der Waals surface area contributed by atoms with Gasteiger partial charge < -0.3 is 15.4 Å². The summed E-state index contributed by atoms with van der Waals surface area (Å²) in [5, 5.41) is 0. The van der Waals surface area contributed by atoms with Crippen molar-refractivity contribution in [3.63, 3.8) is 0 Å². The van der Waals surface area contributed by atoms with Crippen LogP contribution in [0.1, 0.15) is 30.0 Å². The summed E-state index contributed by atoms with van der Waals surface area (Å²) in [6, 6.07) is 17.0. The first-order valence-electron chi connectivity index (χ1n) is 7.50. The number of ether oxygens (including phenoxy) is 1. The third kappa shape index (κ3) is 3.03. The van der Waals surface area contributed by atoms with Crippen molar-refractivity contribution in [3.05, 3.63) is 59.7 Å². The van der Waals surface area contributed by atoms with Gasteiger partial charge >= 0.3 is 0 Å². The van der Waals surface area contributed by atoms with E-state index >= 15 is 0 Å². The zero-order valence-corrected chi connectivity index (χ0v) is 12.5. The Bertz CT molecular complexity index is 594. The first-order chi connectivity index (χ1) is 10.3. The molecule has 110 valence electrons. The molecule has 1 atom stereocenters. The number of rotatable bonds is 3. The second kappa shape index (κ2) is 6.19. The van der Waals surface area contributed by atoms with Gasteiger partial charge in [-0.05, 0) is 42.2 Å². The van der Waals surface area contributed by atoms with Crippen molar-refractivity contribution in [3.8, 4) is 5.75 Å². The summed E-state index contributed by atoms with van der Waals surface area (Å²) in [6.45, 7) is 1.96. The maximum absolute atomic E-state index is 6.30. The molecule has 3 rings (SSSR count). The Morgan fingerprint density at radius 2 is 1.90 bits per heavy atom. The van der Waals surface area contributed by atoms with E-state index in [1.165, 1.54) is 16.8 Å². The van der Waals surface area contributed by atoms with Crippen LogP contribution in [-0.2, 0) is 6.54 Å². The van der Waals surface area contributed by atoms with Crippen LogP contribution in [0.3, 0.4) is 0 Å². The molecule has 0 saturated carbocycles. The Labute approximate surface area is 126 Å². The molecule has 0 bridgehead atoms. The summed E-state index contributed by atoms with van der Waals surface area (Å²) in [5.41, 5.74) is 10.1. The van der Waals surface area contributed by atoms with Gasteiger partial charge in [-0.3, -0.25) is 0 Å². The van der Waals surface area contributed by atoms with Gasteiger partial charge in [0.25, 0.3) is 0 Å². The molecule has 0 fully saturated rings. The van der Waals surface area contributed by atoms with Crippen LogP contribution in [0.2, 0.25) is 0 Å². The molecule has 21 heavy (non-hydrogen) atoms. The van der Waals surface area contributed by atoms with Crippen LogP contribution < -0.4 is 15.4 Å². The van der Waals surface area contributed by atoms with Gasteiger partial charge in [0.2, 0.25) is 0 Å². The normalized spacial score (nSPS) is 18.0. The van der Waals surface area contributed by atoms with Crippen LogP contribution in [0.4, 0.5) is 5.69 Å². The lowest BCUT2D eigenvalue weighted by atomic mass is 10.0. The Balaban J connectivity index is 1.85. The quantitative estimate of drug-likeness (QED) is 0.936. The van der Waals surface area contributed by atoms with E-state index < -0.39 is 0 Å². The summed E-state index contributed by atoms with van der Waals surface area (Å²) in [4.78, 5) is 2.43. The molecule has 1 unspecified atom stereocenters. The molecule has 3 nitrogen and oxygen atoms in total. The number of methoxy groups -OCH3 is 1. The highest BCUT2D eigenvalue weighted by atomic mass is 16.5. The number of benzene rings is 2. The number of nitrogens with zero attached hydrogens (tertiary/aromatic N) is 1. The predicted molar refractivity (Wildman–Crippen MR) is 86.6 cm³/mol. The zero-order chi connectivity index (χ0) is 14.7. The first kappa shape index (κ1) is 14.0. The van der Waals surface area contributed by atoms with Crippen LogP contribution in [0, 0.1) is 0 Å². The average Bonchev–Trinajstić information content (AvgIpc) is 2.69. The third-order valence-electron chi connectivity index (χ3n) is 4.15. The van der Waals surface area contributed by atoms with Gasteiger partial charge in [-0.25, -0.2) is 0 Å². The van der Waals surface area contributed by atoms with Gasteiger partial charge in [0.15, 0.2) is 0 Å². The van der Waals surface area contributed by atoms with E-state index in [0.717, 1.165) is 31.7 Å². The highest BCUT2D eigenvalue weighted by Gasteiger charge is 2.19. The van der Waals surface area contributed by atoms with Crippen molar-refractivity contribution < 1.29 is 4.74 Å². The van der Waals surface area contributed by atoms with Crippen LogP contribution in [0.15, 0.2) is 48.5 Å². The van der Waals surface area contributed by atoms with Crippen LogP contribution in [-0.4, -0.2) is 13.7 Å². The number of anilines is 1. The minimum absolute atomic E-state index is 0.155. The van der Waals surface area contributed by atoms with Crippen molar-refractivity contribution in [1.82, 2.24) is 0 Å². The largest absolute Gasteiger partial charge is 0.497 e. The molecule has 1 heterocycles. The molecule has 0 aliphatic carbocycles. The highest BCUT2D eigenvalue weighted by Crippen LogP contribution is 2.32. The highest BCUT2D eigenvalue weighted by molar-refractivity contribution is 5.56. The fourth-order valence-corrected chi connectivity index (χ4v) is 2.98. The fourth-order valence-electron chi connectivity index (χ4n) is 2.98. The minimum Gasteiger partial charge on any atom is -0.497 e. The molecular weight excluding hydrogens is 260 g/mol. The molecule has 1 aliphatic heterocycles. The maximum atomic E-state index is 6.30. The van der Waals surface area contributed by atoms with Gasteiger partial charge in [0.05, 0.1) is 7.11 Å². The maximum Gasteiger partial charge on any atom is 0.118 e. The third-order valence-corrected chi connectivity index (χ3v) is 4.15. The molecule has 1 aliphatic rings. The molecule has 2 aromatic carbocycles. The molecule has 0 aromatic heterocycles. The first-order valence-corrected chi connectivity index (χ1v) is 7.50. The predicted octanol–water partition coefficient (Wildman–Crippen LogP) is 3.50. The van der Waals surface area contributed by atoms with E-state index in [4.69, 9.17) is 10.5 Å². The minimum atomic E-state index is 0.155. The molecule has 0 saturated heterocycles. The van der Waals surface area contributed by atoms with Gasteiger partial charge in [-0.1, -0.05) is 30.3 Å². The van der Waals surface area contributed by atoms with E-state index in [2.05, 4.69) is 41.3 Å². The zero-order valence-electron chi connectivity index (χ0n) is 12.5. The van der Waals surface area contributed by atoms with E-state index in [1.807, 2.05) is 12.1 Å². The summed E-state index contributed by atoms with van der Waals surface area (Å²) in [7, 11) is 1.70. The second-order valence-electron chi connectivity index (χ2n) is 5.58. The van der Waals surface area contributed by atoms with Crippen molar-refractivity contribution in [2.24, 2.45) is 5.73 Å². The number of hydrogen-bond donors (Lipinski definition) is 1. The molecule has 0 spiro atoms. The SMILES string of the molecule is COc1ccc(CN2CCCC(N)c3ccccc32)cc1. The fraction of sp³-hybridized carbons (Fsp3) is 0.333. The number of para-hydroxylation sites is 1. The lowest BCUT2D eigenvalue weighted by Crippen LogP contribution is -2.23. The molecule has 0 radical (unpaired) electrons. The smallest absolute Gasteiger partial charge is 0.118 e. The summed E-state index contributed by atoms with van der Waals surface area (Å²) in [6.07, 6.45) is 2.18. The monoisotopic (exact) mass is 282 g/mol. The van der Waals surface area contributed by atoms with E-state index in [9.17, 15) is 0 Å². The van der Waals surface area contributed by atoms with Crippen molar-refractivity contribution in [2.45, 2.75) is 25.4 Å². The van der Waals surface area contributed by atoms with Crippen LogP contribution in [0.5, 0.6) is 5.75 Å².